The second-order valence-corrected chi connectivity index (χ2v) is 8.74. The summed E-state index contributed by atoms with van der Waals surface area (Å²) in [6.07, 6.45) is 11.9. The number of carbonyl (C=O) groups is 1. The van der Waals surface area contributed by atoms with Crippen molar-refractivity contribution in [2.24, 2.45) is 17.8 Å². The molecule has 174 valence electrons. The van der Waals surface area contributed by atoms with Gasteiger partial charge < -0.3 is 15.1 Å². The zero-order valence-corrected chi connectivity index (χ0v) is 19.4. The number of pyridine rings is 1. The fourth-order valence-electron chi connectivity index (χ4n) is 4.85. The first-order chi connectivity index (χ1) is 16.0. The van der Waals surface area contributed by atoms with E-state index in [9.17, 15) is 9.18 Å². The average Bonchev–Trinajstić information content (AvgIpc) is 3.44. The van der Waals surface area contributed by atoms with Crippen molar-refractivity contribution >= 4 is 39.6 Å². The Hall–Kier alpha value is -3.00. The zero-order chi connectivity index (χ0) is 23.5. The highest BCUT2D eigenvalue weighted by atomic mass is 35.5. The number of nitrogens with one attached hydrogen (secondary N) is 2. The van der Waals surface area contributed by atoms with Crippen LogP contribution in [-0.2, 0) is 4.79 Å². The molecule has 7 nitrogen and oxygen atoms in total. The summed E-state index contributed by atoms with van der Waals surface area (Å²) >= 11 is 5.96. The molecule has 2 bridgehead atoms. The van der Waals surface area contributed by atoms with Crippen molar-refractivity contribution in [2.75, 3.05) is 0 Å². The third-order valence-corrected chi connectivity index (χ3v) is 6.69. The monoisotopic (exact) mass is 471 g/mol. The minimum atomic E-state index is -0.556. The van der Waals surface area contributed by atoms with Crippen LogP contribution in [0.5, 0.6) is 0 Å². The van der Waals surface area contributed by atoms with E-state index in [2.05, 4.69) is 24.9 Å². The Morgan fingerprint density at radius 3 is 2.42 bits per heavy atom. The van der Waals surface area contributed by atoms with Crippen LogP contribution in [0.2, 0.25) is 5.02 Å². The van der Waals surface area contributed by atoms with Gasteiger partial charge in [0.2, 0.25) is 0 Å². The van der Waals surface area contributed by atoms with E-state index in [1.54, 1.807) is 18.5 Å². The van der Waals surface area contributed by atoms with Crippen molar-refractivity contribution in [3.8, 4) is 11.4 Å². The van der Waals surface area contributed by atoms with Gasteiger partial charge in [0.15, 0.2) is 11.6 Å². The van der Waals surface area contributed by atoms with Crippen LogP contribution in [0.1, 0.15) is 46.0 Å². The number of H-pyrrole nitrogens is 2. The summed E-state index contributed by atoms with van der Waals surface area (Å²) in [5, 5.41) is 10.6. The molecule has 3 aliphatic carbocycles. The predicted octanol–water partition coefficient (Wildman–Crippen LogP) is 6.22. The van der Waals surface area contributed by atoms with E-state index in [0.29, 0.717) is 33.4 Å². The van der Waals surface area contributed by atoms with E-state index in [0.717, 1.165) is 23.3 Å². The number of aliphatic carboxylic acids is 1. The van der Waals surface area contributed by atoms with Crippen molar-refractivity contribution < 1.29 is 14.3 Å². The van der Waals surface area contributed by atoms with Crippen LogP contribution in [0.3, 0.4) is 0 Å². The summed E-state index contributed by atoms with van der Waals surface area (Å²) in [4.78, 5) is 29.3. The normalized spacial score (nSPS) is 21.3. The maximum Gasteiger partial charge on any atom is 0.306 e. The number of nitrogens with zero attached hydrogens (tertiary/aromatic N) is 3. The van der Waals surface area contributed by atoms with Gasteiger partial charge in [0.1, 0.15) is 11.3 Å². The molecular weight excluding hydrogens is 445 g/mol. The van der Waals surface area contributed by atoms with Crippen molar-refractivity contribution in [3.05, 3.63) is 41.7 Å². The minimum absolute atomic E-state index is 0.00231. The van der Waals surface area contributed by atoms with Crippen molar-refractivity contribution in [2.45, 2.75) is 46.0 Å². The Morgan fingerprint density at radius 1 is 1.06 bits per heavy atom. The molecule has 3 saturated carbocycles. The highest BCUT2D eigenvalue weighted by molar-refractivity contribution is 6.31. The molecule has 3 N–H and O–H groups in total. The Morgan fingerprint density at radius 2 is 1.79 bits per heavy atom. The van der Waals surface area contributed by atoms with E-state index in [4.69, 9.17) is 16.7 Å². The average molecular weight is 472 g/mol. The summed E-state index contributed by atoms with van der Waals surface area (Å²) in [6, 6.07) is 1.79. The summed E-state index contributed by atoms with van der Waals surface area (Å²) < 4.78 is 13.4. The molecule has 0 aliphatic heterocycles. The van der Waals surface area contributed by atoms with Gasteiger partial charge in [0, 0.05) is 35.7 Å². The highest BCUT2D eigenvalue weighted by Gasteiger charge is 2.39. The Bertz CT molecular complexity index is 1260. The standard InChI is InChI=1S/C13H7ClFN5.C9H14O2.C2H6/c14-6-1-7-8(3-17-11(7)16-2-6)12-18-4-9-10(15)5-19-13(9)20-12;10-9(11)8-5-6-1-3-7(8)4-2-6;1-2/h1-5H,(H,16,17)(H,18,19,20);6-8H,1-5H2,(H,10,11);1-2H3. The third-order valence-electron chi connectivity index (χ3n) is 6.49. The van der Waals surface area contributed by atoms with Crippen LogP contribution in [-0.4, -0.2) is 36.0 Å². The largest absolute Gasteiger partial charge is 0.481 e. The number of halogens is 2. The molecule has 0 amide bonds. The van der Waals surface area contributed by atoms with Crippen molar-refractivity contribution in [3.63, 3.8) is 0 Å². The van der Waals surface area contributed by atoms with Crippen LogP contribution in [0.4, 0.5) is 4.39 Å². The van der Waals surface area contributed by atoms with Crippen molar-refractivity contribution in [1.82, 2.24) is 24.9 Å². The number of aromatic amines is 2. The van der Waals surface area contributed by atoms with Gasteiger partial charge in [-0.25, -0.2) is 19.3 Å². The van der Waals surface area contributed by atoms with Gasteiger partial charge in [-0.15, -0.1) is 0 Å². The molecule has 0 radical (unpaired) electrons. The molecule has 0 spiro atoms. The lowest BCUT2D eigenvalue weighted by atomic mass is 9.65. The SMILES string of the molecule is CC.Fc1c[nH]c2nc(-c3c[nH]c4ncc(Cl)cc34)ncc12.O=C(O)C1CC2CCC1CC2. The molecule has 4 aromatic rings. The van der Waals surface area contributed by atoms with Gasteiger partial charge in [-0.1, -0.05) is 38.3 Å². The van der Waals surface area contributed by atoms with E-state index >= 15 is 0 Å². The summed E-state index contributed by atoms with van der Waals surface area (Å²) in [6.45, 7) is 4.00. The lowest BCUT2D eigenvalue weighted by Crippen LogP contribution is -2.35. The maximum atomic E-state index is 13.4. The second kappa shape index (κ2) is 9.87. The molecule has 9 heteroatoms. The lowest BCUT2D eigenvalue weighted by Gasteiger charge is -2.40. The zero-order valence-electron chi connectivity index (χ0n) is 18.6. The van der Waals surface area contributed by atoms with Gasteiger partial charge >= 0.3 is 5.97 Å². The second-order valence-electron chi connectivity index (χ2n) is 8.31. The van der Waals surface area contributed by atoms with Crippen LogP contribution < -0.4 is 0 Å². The molecular formula is C24H27ClFN5O2. The van der Waals surface area contributed by atoms with Crippen LogP contribution in [0.25, 0.3) is 33.5 Å². The number of hydrogen-bond donors (Lipinski definition) is 3. The molecule has 0 saturated heterocycles. The van der Waals surface area contributed by atoms with Gasteiger partial charge in [-0.3, -0.25) is 4.79 Å². The van der Waals surface area contributed by atoms with Crippen LogP contribution in [0, 0.1) is 23.6 Å². The number of carboxylic acids is 1. The highest BCUT2D eigenvalue weighted by Crippen LogP contribution is 2.44. The molecule has 7 rings (SSSR count). The van der Waals surface area contributed by atoms with Gasteiger partial charge in [0.05, 0.1) is 16.3 Å². The molecule has 4 heterocycles. The molecule has 3 aliphatic rings. The Labute approximate surface area is 195 Å². The first-order valence-corrected chi connectivity index (χ1v) is 11.7. The Kier molecular flexibility index (Phi) is 6.93. The number of fused-ring (bicyclic) bond motifs is 5. The fraction of sp³-hybridized carbons (Fsp3) is 0.417. The topological polar surface area (TPSA) is 108 Å². The smallest absolute Gasteiger partial charge is 0.306 e. The molecule has 0 aromatic carbocycles. The van der Waals surface area contributed by atoms with Crippen LogP contribution >= 0.6 is 11.6 Å². The first-order valence-electron chi connectivity index (χ1n) is 11.3. The number of aromatic nitrogens is 5. The lowest BCUT2D eigenvalue weighted by molar-refractivity contribution is -0.147. The molecule has 1 atom stereocenters. The fourth-order valence-corrected chi connectivity index (χ4v) is 5.01. The molecule has 1 unspecified atom stereocenters. The molecule has 33 heavy (non-hydrogen) atoms. The van der Waals surface area contributed by atoms with E-state index in [1.807, 2.05) is 13.8 Å². The molecule has 3 fully saturated rings. The van der Waals surface area contributed by atoms with E-state index < -0.39 is 5.97 Å². The van der Waals surface area contributed by atoms with Crippen LogP contribution in [0.15, 0.2) is 30.9 Å². The van der Waals surface area contributed by atoms with Gasteiger partial charge in [-0.05, 0) is 37.2 Å². The number of hydrogen-bond acceptors (Lipinski definition) is 4. The summed E-state index contributed by atoms with van der Waals surface area (Å²) in [5.41, 5.74) is 1.93. The summed E-state index contributed by atoms with van der Waals surface area (Å²) in [5.74, 6) is 0.811. The maximum absolute atomic E-state index is 13.4. The van der Waals surface area contributed by atoms with Crippen molar-refractivity contribution in [1.29, 1.82) is 0 Å². The molecule has 4 aromatic heterocycles. The van der Waals surface area contributed by atoms with E-state index in [1.165, 1.54) is 38.1 Å². The summed E-state index contributed by atoms with van der Waals surface area (Å²) in [7, 11) is 0. The minimum Gasteiger partial charge on any atom is -0.481 e. The van der Waals surface area contributed by atoms with Gasteiger partial charge in [0.25, 0.3) is 0 Å². The first kappa shape index (κ1) is 23.2. The van der Waals surface area contributed by atoms with Gasteiger partial charge in [-0.2, -0.15) is 0 Å². The Balaban J connectivity index is 0.000000169. The third kappa shape index (κ3) is 4.71. The quantitative estimate of drug-likeness (QED) is 0.321. The predicted molar refractivity (Wildman–Crippen MR) is 126 cm³/mol. The number of carboxylic acid groups (broad SMARTS) is 1. The number of rotatable bonds is 2. The van der Waals surface area contributed by atoms with E-state index in [-0.39, 0.29) is 11.7 Å².